The van der Waals surface area contributed by atoms with Crippen LogP contribution in [0.3, 0.4) is 0 Å². The van der Waals surface area contributed by atoms with Crippen LogP contribution in [0.2, 0.25) is 0 Å². The van der Waals surface area contributed by atoms with Crippen molar-refractivity contribution in [2.45, 2.75) is 0 Å². The van der Waals surface area contributed by atoms with Crippen molar-refractivity contribution < 1.29 is 9.90 Å². The number of primary amides is 1. The number of aliphatic hydroxyl groups excluding tert-OH is 1. The number of rotatable bonds is 3. The third-order valence-corrected chi connectivity index (χ3v) is 1.43. The quantitative estimate of drug-likeness (QED) is 0.647. The van der Waals surface area contributed by atoms with E-state index in [4.69, 9.17) is 10.8 Å². The van der Waals surface area contributed by atoms with Crippen molar-refractivity contribution in [2.24, 2.45) is 5.73 Å². The van der Waals surface area contributed by atoms with Crippen LogP contribution >= 0.6 is 0 Å². The van der Waals surface area contributed by atoms with Crippen LogP contribution in [0.1, 0.15) is 15.9 Å². The molecule has 0 spiro atoms. The average Bonchev–Trinajstić information content (AvgIpc) is 2.05. The molecule has 1 aromatic rings. The van der Waals surface area contributed by atoms with Gasteiger partial charge in [0.15, 0.2) is 0 Å². The molecule has 12 heavy (non-hydrogen) atoms. The monoisotopic (exact) mass is 165 g/mol. The Balaban J connectivity index is 3.00. The number of hydrogen-bond acceptors (Lipinski definition) is 3. The second kappa shape index (κ2) is 3.82. The molecular formula is C8H9N2O2. The smallest absolute Gasteiger partial charge is 0.250 e. The minimum absolute atomic E-state index is 0.121. The highest BCUT2D eigenvalue weighted by atomic mass is 16.3. The maximum Gasteiger partial charge on any atom is 0.250 e. The summed E-state index contributed by atoms with van der Waals surface area (Å²) in [5.74, 6) is -0.539. The summed E-state index contributed by atoms with van der Waals surface area (Å²) in [6.07, 6.45) is 4.42. The molecule has 0 bridgehead atoms. The van der Waals surface area contributed by atoms with Gasteiger partial charge in [-0.1, -0.05) is 0 Å². The highest BCUT2D eigenvalue weighted by molar-refractivity contribution is 5.94. The summed E-state index contributed by atoms with van der Waals surface area (Å²) >= 11 is 0. The molecule has 1 amide bonds. The lowest BCUT2D eigenvalue weighted by atomic mass is 10.1. The summed E-state index contributed by atoms with van der Waals surface area (Å²) in [5.41, 5.74) is 6.00. The highest BCUT2D eigenvalue weighted by Crippen LogP contribution is 2.07. The van der Waals surface area contributed by atoms with E-state index in [1.807, 2.05) is 0 Å². The maximum atomic E-state index is 10.8. The molecule has 1 aromatic heterocycles. The maximum absolute atomic E-state index is 10.8. The normalized spacial score (nSPS) is 9.75. The van der Waals surface area contributed by atoms with E-state index in [1.165, 1.54) is 18.8 Å². The molecule has 0 saturated carbocycles. The summed E-state index contributed by atoms with van der Waals surface area (Å²) in [7, 11) is 0. The third-order valence-electron chi connectivity index (χ3n) is 1.43. The van der Waals surface area contributed by atoms with E-state index in [9.17, 15) is 4.79 Å². The van der Waals surface area contributed by atoms with Crippen molar-refractivity contribution in [3.05, 3.63) is 36.0 Å². The topological polar surface area (TPSA) is 76.2 Å². The molecule has 3 N–H and O–H groups in total. The first-order valence-corrected chi connectivity index (χ1v) is 3.43. The van der Waals surface area contributed by atoms with Crippen molar-refractivity contribution in [2.75, 3.05) is 6.61 Å². The van der Waals surface area contributed by atoms with Crippen molar-refractivity contribution >= 4 is 5.91 Å². The Morgan fingerprint density at radius 3 is 3.08 bits per heavy atom. The van der Waals surface area contributed by atoms with E-state index in [1.54, 1.807) is 6.07 Å². The molecule has 1 heterocycles. The molecule has 0 aliphatic carbocycles. The summed E-state index contributed by atoms with van der Waals surface area (Å²) in [5, 5.41) is 8.60. The minimum Gasteiger partial charge on any atom is -0.396 e. The van der Waals surface area contributed by atoms with Gasteiger partial charge >= 0.3 is 0 Å². The Morgan fingerprint density at radius 2 is 2.50 bits per heavy atom. The molecule has 4 heteroatoms. The van der Waals surface area contributed by atoms with Crippen LogP contribution in [0.5, 0.6) is 0 Å². The lowest BCUT2D eigenvalue weighted by molar-refractivity contribution is 0.0999. The average molecular weight is 165 g/mol. The molecule has 4 nitrogen and oxygen atoms in total. The Bertz CT molecular complexity index is 286. The van der Waals surface area contributed by atoms with Gasteiger partial charge in [0.05, 0.1) is 12.2 Å². The SMILES string of the molecule is NC(=O)c1cnccc1[CH]CO. The summed E-state index contributed by atoms with van der Waals surface area (Å²) in [6, 6.07) is 1.62. The van der Waals surface area contributed by atoms with E-state index in [0.717, 1.165) is 0 Å². The highest BCUT2D eigenvalue weighted by Gasteiger charge is 2.06. The number of carbonyl (C=O) groups excluding carboxylic acids is 1. The summed E-state index contributed by atoms with van der Waals surface area (Å²) in [6.45, 7) is -0.121. The fourth-order valence-electron chi connectivity index (χ4n) is 0.887. The van der Waals surface area contributed by atoms with Crippen LogP contribution in [0.25, 0.3) is 0 Å². The molecule has 0 aromatic carbocycles. The van der Waals surface area contributed by atoms with Gasteiger partial charge < -0.3 is 10.8 Å². The predicted octanol–water partition coefficient (Wildman–Crippen LogP) is -0.275. The van der Waals surface area contributed by atoms with Gasteiger partial charge in [-0.15, -0.1) is 0 Å². The number of aromatic nitrogens is 1. The number of amides is 1. The number of nitrogens with two attached hydrogens (primary N) is 1. The van der Waals surface area contributed by atoms with Gasteiger partial charge in [0.2, 0.25) is 0 Å². The Kier molecular flexibility index (Phi) is 2.76. The fraction of sp³-hybridized carbons (Fsp3) is 0.125. The zero-order valence-electron chi connectivity index (χ0n) is 6.40. The first-order valence-electron chi connectivity index (χ1n) is 3.43. The predicted molar refractivity (Wildman–Crippen MR) is 43.2 cm³/mol. The zero-order valence-corrected chi connectivity index (χ0v) is 6.40. The van der Waals surface area contributed by atoms with Crippen LogP contribution < -0.4 is 5.73 Å². The fourth-order valence-corrected chi connectivity index (χ4v) is 0.887. The molecular weight excluding hydrogens is 156 g/mol. The Morgan fingerprint density at radius 1 is 1.75 bits per heavy atom. The van der Waals surface area contributed by atoms with Gasteiger partial charge in [-0.2, -0.15) is 0 Å². The summed E-state index contributed by atoms with van der Waals surface area (Å²) in [4.78, 5) is 14.5. The molecule has 0 saturated heterocycles. The van der Waals surface area contributed by atoms with Gasteiger partial charge in [0.25, 0.3) is 5.91 Å². The Hall–Kier alpha value is -1.42. The van der Waals surface area contributed by atoms with Gasteiger partial charge in [0, 0.05) is 18.8 Å². The van der Waals surface area contributed by atoms with E-state index in [-0.39, 0.29) is 6.61 Å². The van der Waals surface area contributed by atoms with Gasteiger partial charge in [-0.25, -0.2) is 0 Å². The molecule has 1 rings (SSSR count). The largest absolute Gasteiger partial charge is 0.396 e. The number of carbonyl (C=O) groups is 1. The lowest BCUT2D eigenvalue weighted by Crippen LogP contribution is -2.14. The van der Waals surface area contributed by atoms with Crippen LogP contribution in [-0.2, 0) is 0 Å². The number of nitrogens with zero attached hydrogens (tertiary/aromatic N) is 1. The van der Waals surface area contributed by atoms with Gasteiger partial charge in [-0.05, 0) is 11.6 Å². The molecule has 1 radical (unpaired) electrons. The summed E-state index contributed by atoms with van der Waals surface area (Å²) < 4.78 is 0. The minimum atomic E-state index is -0.539. The molecule has 0 aliphatic rings. The molecule has 0 atom stereocenters. The molecule has 0 unspecified atom stereocenters. The van der Waals surface area contributed by atoms with Crippen LogP contribution in [0, 0.1) is 6.42 Å². The standard InChI is InChI=1S/C8H9N2O2/c9-8(12)7-5-10-3-1-6(7)2-4-11/h1-3,5,11H,4H2,(H2,9,12). The Labute approximate surface area is 70.0 Å². The third kappa shape index (κ3) is 1.79. The van der Waals surface area contributed by atoms with Crippen LogP contribution in [0.15, 0.2) is 18.5 Å². The number of hydrogen-bond donors (Lipinski definition) is 2. The zero-order chi connectivity index (χ0) is 8.97. The van der Waals surface area contributed by atoms with E-state index in [2.05, 4.69) is 4.98 Å². The lowest BCUT2D eigenvalue weighted by Gasteiger charge is -2.01. The van der Waals surface area contributed by atoms with Crippen molar-refractivity contribution in [1.29, 1.82) is 0 Å². The van der Waals surface area contributed by atoms with Crippen molar-refractivity contribution in [1.82, 2.24) is 4.98 Å². The second-order valence-corrected chi connectivity index (χ2v) is 2.21. The molecule has 63 valence electrons. The van der Waals surface area contributed by atoms with Gasteiger partial charge in [-0.3, -0.25) is 9.78 Å². The van der Waals surface area contributed by atoms with Crippen LogP contribution in [0.4, 0.5) is 0 Å². The number of pyridine rings is 1. The second-order valence-electron chi connectivity index (χ2n) is 2.21. The van der Waals surface area contributed by atoms with E-state index < -0.39 is 5.91 Å². The molecule has 0 aliphatic heterocycles. The molecule has 0 fully saturated rings. The van der Waals surface area contributed by atoms with Crippen molar-refractivity contribution in [3.63, 3.8) is 0 Å². The van der Waals surface area contributed by atoms with Crippen molar-refractivity contribution in [3.8, 4) is 0 Å². The van der Waals surface area contributed by atoms with E-state index >= 15 is 0 Å². The van der Waals surface area contributed by atoms with Crippen LogP contribution in [-0.4, -0.2) is 22.6 Å². The first-order chi connectivity index (χ1) is 5.75. The van der Waals surface area contributed by atoms with Gasteiger partial charge in [0.1, 0.15) is 0 Å². The first kappa shape index (κ1) is 8.67. The number of aliphatic hydroxyl groups is 1. The van der Waals surface area contributed by atoms with E-state index in [0.29, 0.717) is 11.1 Å².